The minimum atomic E-state index is -0.522. The van der Waals surface area contributed by atoms with Gasteiger partial charge in [0.15, 0.2) is 0 Å². The largest absolute Gasteiger partial charge is 0.511 e. The number of esters is 1. The van der Waals surface area contributed by atoms with Gasteiger partial charge in [0.1, 0.15) is 11.9 Å². The quantitative estimate of drug-likeness (QED) is 0.723. The minimum Gasteiger partial charge on any atom is -0.511 e. The zero-order chi connectivity index (χ0) is 12.5. The fourth-order valence-electron chi connectivity index (χ4n) is 2.07. The smallest absolute Gasteiger partial charge is 0.337 e. The molecule has 1 aliphatic rings. The van der Waals surface area contributed by atoms with E-state index in [-0.39, 0.29) is 23.2 Å². The highest BCUT2D eigenvalue weighted by molar-refractivity contribution is 5.89. The summed E-state index contributed by atoms with van der Waals surface area (Å²) in [6, 6.07) is 0. The van der Waals surface area contributed by atoms with Crippen molar-refractivity contribution in [1.29, 1.82) is 0 Å². The predicted molar refractivity (Wildman–Crippen MR) is 59.8 cm³/mol. The molecule has 0 saturated heterocycles. The van der Waals surface area contributed by atoms with Crippen LogP contribution in [0.2, 0.25) is 0 Å². The summed E-state index contributed by atoms with van der Waals surface area (Å²) in [5.74, 6) is -0.847. The molecule has 0 radical (unpaired) electrons. The predicted octanol–water partition coefficient (Wildman–Crippen LogP) is 1.79. The van der Waals surface area contributed by atoms with E-state index in [4.69, 9.17) is 4.74 Å². The van der Waals surface area contributed by atoms with Crippen LogP contribution in [0.15, 0.2) is 11.3 Å². The van der Waals surface area contributed by atoms with Gasteiger partial charge in [0.2, 0.25) is 0 Å². The molecule has 0 spiro atoms. The zero-order valence-electron chi connectivity index (χ0n) is 10.2. The Kier molecular flexibility index (Phi) is 3.97. The van der Waals surface area contributed by atoms with E-state index >= 15 is 0 Å². The second kappa shape index (κ2) is 4.87. The van der Waals surface area contributed by atoms with Crippen LogP contribution in [0.1, 0.15) is 34.1 Å². The first-order valence-corrected chi connectivity index (χ1v) is 5.68. The minimum absolute atomic E-state index is 0.0800. The molecule has 0 aromatic heterocycles. The van der Waals surface area contributed by atoms with E-state index in [1.54, 1.807) is 13.8 Å². The molecule has 1 aliphatic heterocycles. The number of aliphatic hydroxyl groups is 2. The molecule has 1 heterocycles. The molecule has 2 N–H and O–H groups in total. The molecule has 0 aromatic carbocycles. The summed E-state index contributed by atoms with van der Waals surface area (Å²) in [6.07, 6.45) is -0.372. The standard InChI is InChI=1S/C12H20O4/c1-5-9(13)6(2)11-7(3)10(14)8(4)12(15)16-11/h6-7,9,11,13-14H,5H2,1-4H3/t6-,7-,9+,11-/m0/s1. The average Bonchev–Trinajstić information content (AvgIpc) is 2.29. The number of carbonyl (C=O) groups excluding carboxylic acids is 1. The van der Waals surface area contributed by atoms with E-state index in [1.165, 1.54) is 0 Å². The number of ether oxygens (including phenoxy) is 1. The van der Waals surface area contributed by atoms with Crippen LogP contribution in [-0.4, -0.2) is 28.4 Å². The molecule has 4 atom stereocenters. The lowest BCUT2D eigenvalue weighted by atomic mass is 9.84. The van der Waals surface area contributed by atoms with E-state index in [9.17, 15) is 15.0 Å². The van der Waals surface area contributed by atoms with E-state index in [1.807, 2.05) is 13.8 Å². The van der Waals surface area contributed by atoms with Crippen LogP contribution >= 0.6 is 0 Å². The molecule has 0 bridgehead atoms. The molecule has 0 amide bonds. The van der Waals surface area contributed by atoms with Gasteiger partial charge in [-0.2, -0.15) is 0 Å². The highest BCUT2D eigenvalue weighted by Crippen LogP contribution is 2.31. The van der Waals surface area contributed by atoms with Gasteiger partial charge in [0.05, 0.1) is 17.6 Å². The van der Waals surface area contributed by atoms with E-state index in [2.05, 4.69) is 0 Å². The van der Waals surface area contributed by atoms with Gasteiger partial charge >= 0.3 is 5.97 Å². The average molecular weight is 228 g/mol. The van der Waals surface area contributed by atoms with Crippen LogP contribution in [0, 0.1) is 11.8 Å². The second-order valence-corrected chi connectivity index (χ2v) is 4.50. The lowest BCUT2D eigenvalue weighted by molar-refractivity contribution is -0.156. The molecule has 0 aliphatic carbocycles. The third kappa shape index (κ3) is 2.21. The summed E-state index contributed by atoms with van der Waals surface area (Å²) in [7, 11) is 0. The first kappa shape index (κ1) is 13.0. The Balaban J connectivity index is 2.90. The van der Waals surface area contributed by atoms with Gasteiger partial charge < -0.3 is 14.9 Å². The molecule has 92 valence electrons. The molecule has 0 fully saturated rings. The number of carbonyl (C=O) groups is 1. The van der Waals surface area contributed by atoms with Crippen molar-refractivity contribution in [2.45, 2.75) is 46.3 Å². The molecule has 0 aromatic rings. The first-order valence-electron chi connectivity index (χ1n) is 5.68. The summed E-state index contributed by atoms with van der Waals surface area (Å²) in [4.78, 5) is 11.5. The number of rotatable bonds is 3. The summed E-state index contributed by atoms with van der Waals surface area (Å²) >= 11 is 0. The molecular formula is C12H20O4. The third-order valence-corrected chi connectivity index (χ3v) is 3.40. The topological polar surface area (TPSA) is 66.8 Å². The Morgan fingerprint density at radius 2 is 2.06 bits per heavy atom. The first-order chi connectivity index (χ1) is 7.40. The van der Waals surface area contributed by atoms with Gasteiger partial charge in [-0.25, -0.2) is 4.79 Å². The molecule has 4 heteroatoms. The van der Waals surface area contributed by atoms with Crippen molar-refractivity contribution in [3.63, 3.8) is 0 Å². The number of hydrogen-bond donors (Lipinski definition) is 2. The normalized spacial score (nSPS) is 29.9. The molecule has 0 unspecified atom stereocenters. The van der Waals surface area contributed by atoms with Crippen LogP contribution in [0.25, 0.3) is 0 Å². The Bertz CT molecular complexity index is 308. The van der Waals surface area contributed by atoms with Crippen molar-refractivity contribution in [3.05, 3.63) is 11.3 Å². The summed E-state index contributed by atoms with van der Waals surface area (Å²) in [6.45, 7) is 7.05. The van der Waals surface area contributed by atoms with Gasteiger partial charge in [-0.05, 0) is 13.3 Å². The van der Waals surface area contributed by atoms with E-state index in [0.717, 1.165) is 0 Å². The van der Waals surface area contributed by atoms with Crippen LogP contribution in [0.4, 0.5) is 0 Å². The molecule has 4 nitrogen and oxygen atoms in total. The SMILES string of the molecule is CC[C@@H](O)[C@H](C)[C@@H]1OC(=O)C(C)=C(O)[C@@H]1C. The van der Waals surface area contributed by atoms with E-state index < -0.39 is 18.2 Å². The van der Waals surface area contributed by atoms with Gasteiger partial charge in [-0.1, -0.05) is 20.8 Å². The van der Waals surface area contributed by atoms with Crippen LogP contribution in [0.5, 0.6) is 0 Å². The molecular weight excluding hydrogens is 208 g/mol. The zero-order valence-corrected chi connectivity index (χ0v) is 10.2. The number of aliphatic hydroxyl groups excluding tert-OH is 2. The second-order valence-electron chi connectivity index (χ2n) is 4.50. The summed E-state index contributed by atoms with van der Waals surface area (Å²) in [5, 5.41) is 19.5. The molecule has 1 rings (SSSR count). The van der Waals surface area contributed by atoms with Crippen LogP contribution in [-0.2, 0) is 9.53 Å². The third-order valence-electron chi connectivity index (χ3n) is 3.40. The maximum Gasteiger partial charge on any atom is 0.337 e. The Hall–Kier alpha value is -1.03. The fraction of sp³-hybridized carbons (Fsp3) is 0.750. The van der Waals surface area contributed by atoms with Crippen LogP contribution in [0.3, 0.4) is 0 Å². The highest BCUT2D eigenvalue weighted by atomic mass is 16.5. The lowest BCUT2D eigenvalue weighted by Gasteiger charge is -2.35. The molecule has 0 saturated carbocycles. The van der Waals surface area contributed by atoms with Gasteiger partial charge in [-0.3, -0.25) is 0 Å². The monoisotopic (exact) mass is 228 g/mol. The highest BCUT2D eigenvalue weighted by Gasteiger charge is 2.38. The number of hydrogen-bond acceptors (Lipinski definition) is 4. The van der Waals surface area contributed by atoms with Crippen molar-refractivity contribution in [2.24, 2.45) is 11.8 Å². The lowest BCUT2D eigenvalue weighted by Crippen LogP contribution is -2.41. The van der Waals surface area contributed by atoms with Crippen LogP contribution < -0.4 is 0 Å². The Labute approximate surface area is 95.9 Å². The van der Waals surface area contributed by atoms with Gasteiger partial charge in [-0.15, -0.1) is 0 Å². The van der Waals surface area contributed by atoms with Gasteiger partial charge in [0, 0.05) is 5.92 Å². The Morgan fingerprint density at radius 1 is 1.50 bits per heavy atom. The van der Waals surface area contributed by atoms with Gasteiger partial charge in [0.25, 0.3) is 0 Å². The Morgan fingerprint density at radius 3 is 2.56 bits per heavy atom. The van der Waals surface area contributed by atoms with E-state index in [0.29, 0.717) is 6.42 Å². The summed E-state index contributed by atoms with van der Waals surface area (Å²) < 4.78 is 5.25. The van der Waals surface area contributed by atoms with Crippen molar-refractivity contribution >= 4 is 5.97 Å². The maximum atomic E-state index is 11.5. The maximum absolute atomic E-state index is 11.5. The summed E-state index contributed by atoms with van der Waals surface area (Å²) in [5.41, 5.74) is 0.266. The van der Waals surface area contributed by atoms with Crippen molar-refractivity contribution in [3.8, 4) is 0 Å². The fourth-order valence-corrected chi connectivity index (χ4v) is 2.07. The number of cyclic esters (lactones) is 1. The van der Waals surface area contributed by atoms with Crippen molar-refractivity contribution < 1.29 is 19.7 Å². The van der Waals surface area contributed by atoms with Crippen molar-refractivity contribution in [2.75, 3.05) is 0 Å². The van der Waals surface area contributed by atoms with Crippen molar-refractivity contribution in [1.82, 2.24) is 0 Å². The molecule has 16 heavy (non-hydrogen) atoms.